The van der Waals surface area contributed by atoms with Crippen molar-refractivity contribution in [2.45, 2.75) is 25.7 Å². The molecule has 3 nitrogen and oxygen atoms in total. The van der Waals surface area contributed by atoms with Crippen molar-refractivity contribution >= 4 is 23.1 Å². The highest BCUT2D eigenvalue weighted by atomic mass is 16.2. The molecule has 23 heavy (non-hydrogen) atoms. The smallest absolute Gasteiger partial charge is 0.242 e. The van der Waals surface area contributed by atoms with Gasteiger partial charge in [-0.15, -0.1) is 0 Å². The number of para-hydroxylation sites is 1. The first-order chi connectivity index (χ1) is 11.1. The number of aldehydes is 1. The Labute approximate surface area is 134 Å². The molecule has 0 amide bonds. The van der Waals surface area contributed by atoms with E-state index in [4.69, 9.17) is 0 Å². The first-order valence-corrected chi connectivity index (χ1v) is 7.77. The van der Waals surface area contributed by atoms with E-state index in [2.05, 4.69) is 18.2 Å². The molecule has 0 N–H and O–H groups in total. The Hall–Kier alpha value is -2.68. The van der Waals surface area contributed by atoms with Crippen LogP contribution in [-0.4, -0.2) is 16.8 Å². The fourth-order valence-corrected chi connectivity index (χ4v) is 3.64. The number of hydrogen-bond acceptors (Lipinski definition) is 2. The lowest BCUT2D eigenvalue weighted by Crippen LogP contribution is -2.41. The molecule has 1 unspecified atom stereocenters. The lowest BCUT2D eigenvalue weighted by atomic mass is 9.73. The van der Waals surface area contributed by atoms with Gasteiger partial charge in [-0.2, -0.15) is 0 Å². The third kappa shape index (κ3) is 1.76. The van der Waals surface area contributed by atoms with Crippen LogP contribution in [0.4, 0.5) is 0 Å². The summed E-state index contributed by atoms with van der Waals surface area (Å²) in [5.74, 6) is -0.0288. The van der Waals surface area contributed by atoms with E-state index in [-0.39, 0.29) is 12.3 Å². The first kappa shape index (κ1) is 13.9. The van der Waals surface area contributed by atoms with E-state index < -0.39 is 5.41 Å². The second-order valence-corrected chi connectivity index (χ2v) is 6.48. The molecule has 0 bridgehead atoms. The van der Waals surface area contributed by atoms with Crippen molar-refractivity contribution in [2.75, 3.05) is 0 Å². The molecule has 2 heterocycles. The van der Waals surface area contributed by atoms with E-state index in [1.807, 2.05) is 44.2 Å². The summed E-state index contributed by atoms with van der Waals surface area (Å²) in [7, 11) is 0. The van der Waals surface area contributed by atoms with E-state index in [9.17, 15) is 9.59 Å². The topological polar surface area (TPSA) is 39.1 Å². The minimum atomic E-state index is -0.822. The molecule has 4 rings (SSSR count). The lowest BCUT2D eigenvalue weighted by molar-refractivity contribution is -0.108. The van der Waals surface area contributed by atoms with Crippen LogP contribution in [0.25, 0.3) is 22.2 Å². The number of nitrogens with zero attached hydrogens (tertiary/aromatic N) is 1. The summed E-state index contributed by atoms with van der Waals surface area (Å²) >= 11 is 0. The summed E-state index contributed by atoms with van der Waals surface area (Å²) in [6, 6.07) is 16.1. The van der Waals surface area contributed by atoms with Crippen molar-refractivity contribution in [1.29, 1.82) is 0 Å². The molecule has 0 radical (unpaired) electrons. The fourth-order valence-electron chi connectivity index (χ4n) is 3.64. The number of carbonyl (C=O) groups is 2. The lowest BCUT2D eigenvalue weighted by Gasteiger charge is -2.34. The number of carbonyl (C=O) groups excluding carboxylic acids is 2. The normalized spacial score (nSPS) is 19.5. The fraction of sp³-hybridized carbons (Fsp3) is 0.200. The minimum absolute atomic E-state index is 0.0288. The highest BCUT2D eigenvalue weighted by Gasteiger charge is 2.43. The van der Waals surface area contributed by atoms with Crippen molar-refractivity contribution in [1.82, 2.24) is 4.57 Å². The van der Waals surface area contributed by atoms with Gasteiger partial charge in [0.25, 0.3) is 0 Å². The molecular formula is C20H17NO2. The standard InChI is InChI=1S/C20H17NO2/c1-13-7-8-15-16(11-13)20(2,9-10-22)19(23)21-17-6-4-3-5-14(17)12-18(15)21/h3-8,10-12H,9H2,1-2H3. The summed E-state index contributed by atoms with van der Waals surface area (Å²) in [6.45, 7) is 3.88. The summed E-state index contributed by atoms with van der Waals surface area (Å²) in [5.41, 5.74) is 4.07. The Kier molecular flexibility index (Phi) is 2.82. The molecule has 1 aromatic heterocycles. The zero-order valence-electron chi connectivity index (χ0n) is 13.2. The summed E-state index contributed by atoms with van der Waals surface area (Å²) in [4.78, 5) is 24.6. The average Bonchev–Trinajstić information content (AvgIpc) is 2.92. The molecule has 2 aromatic carbocycles. The molecular weight excluding hydrogens is 286 g/mol. The van der Waals surface area contributed by atoms with E-state index in [1.165, 1.54) is 0 Å². The Bertz CT molecular complexity index is 967. The molecule has 0 saturated carbocycles. The molecule has 3 heteroatoms. The maximum Gasteiger partial charge on any atom is 0.242 e. The highest BCUT2D eigenvalue weighted by molar-refractivity contribution is 6.07. The SMILES string of the molecule is Cc1ccc2c(c1)C(C)(CC=O)C(=O)n1c-2cc2ccccc21. The summed E-state index contributed by atoms with van der Waals surface area (Å²) < 4.78 is 1.77. The Morgan fingerprint density at radius 2 is 1.91 bits per heavy atom. The van der Waals surface area contributed by atoms with E-state index in [0.717, 1.165) is 39.6 Å². The van der Waals surface area contributed by atoms with Gasteiger partial charge in [0.15, 0.2) is 0 Å². The minimum Gasteiger partial charge on any atom is -0.303 e. The zero-order chi connectivity index (χ0) is 16.2. The summed E-state index contributed by atoms with van der Waals surface area (Å²) in [6.07, 6.45) is 1.04. The molecule has 114 valence electrons. The molecule has 0 spiro atoms. The van der Waals surface area contributed by atoms with Crippen molar-refractivity contribution in [3.8, 4) is 11.3 Å². The van der Waals surface area contributed by atoms with Crippen LogP contribution >= 0.6 is 0 Å². The van der Waals surface area contributed by atoms with Crippen LogP contribution in [0.15, 0.2) is 48.5 Å². The molecule has 0 saturated heterocycles. The number of aryl methyl sites for hydroxylation is 1. The average molecular weight is 303 g/mol. The van der Waals surface area contributed by atoms with Crippen molar-refractivity contribution in [3.05, 3.63) is 59.7 Å². The maximum atomic E-state index is 13.3. The van der Waals surface area contributed by atoms with Gasteiger partial charge in [0.2, 0.25) is 5.91 Å². The van der Waals surface area contributed by atoms with Crippen LogP contribution in [0, 0.1) is 6.92 Å². The largest absolute Gasteiger partial charge is 0.303 e. The second-order valence-electron chi connectivity index (χ2n) is 6.48. The molecule has 0 aliphatic carbocycles. The van der Waals surface area contributed by atoms with E-state index >= 15 is 0 Å². The Balaban J connectivity index is 2.14. The molecule has 0 fully saturated rings. The number of rotatable bonds is 2. The number of fused-ring (bicyclic) bond motifs is 5. The highest BCUT2D eigenvalue weighted by Crippen LogP contribution is 2.44. The maximum absolute atomic E-state index is 13.3. The van der Waals surface area contributed by atoms with Crippen LogP contribution < -0.4 is 0 Å². The van der Waals surface area contributed by atoms with Gasteiger partial charge in [-0.05, 0) is 31.5 Å². The number of hydrogen-bond donors (Lipinski definition) is 0. The van der Waals surface area contributed by atoms with Crippen LogP contribution in [-0.2, 0) is 10.2 Å². The number of benzene rings is 2. The van der Waals surface area contributed by atoms with Crippen molar-refractivity contribution < 1.29 is 9.59 Å². The van der Waals surface area contributed by atoms with Crippen molar-refractivity contribution in [2.24, 2.45) is 0 Å². The predicted octanol–water partition coefficient (Wildman–Crippen LogP) is 4.12. The van der Waals surface area contributed by atoms with Crippen LogP contribution in [0.2, 0.25) is 0 Å². The monoisotopic (exact) mass is 303 g/mol. The van der Waals surface area contributed by atoms with Gasteiger partial charge >= 0.3 is 0 Å². The third-order valence-electron chi connectivity index (χ3n) is 4.92. The zero-order valence-corrected chi connectivity index (χ0v) is 13.2. The van der Waals surface area contributed by atoms with E-state index in [0.29, 0.717) is 0 Å². The van der Waals surface area contributed by atoms with Gasteiger partial charge in [-0.25, -0.2) is 0 Å². The summed E-state index contributed by atoms with van der Waals surface area (Å²) in [5, 5.41) is 1.04. The van der Waals surface area contributed by atoms with Gasteiger partial charge in [0.05, 0.1) is 16.6 Å². The van der Waals surface area contributed by atoms with Crippen LogP contribution in [0.3, 0.4) is 0 Å². The molecule has 3 aromatic rings. The molecule has 1 aliphatic heterocycles. The molecule has 1 aliphatic rings. The van der Waals surface area contributed by atoms with Gasteiger partial charge in [-0.3, -0.25) is 9.36 Å². The van der Waals surface area contributed by atoms with Gasteiger partial charge < -0.3 is 4.79 Å². The van der Waals surface area contributed by atoms with Crippen molar-refractivity contribution in [3.63, 3.8) is 0 Å². The Morgan fingerprint density at radius 3 is 2.70 bits per heavy atom. The predicted molar refractivity (Wildman–Crippen MR) is 90.8 cm³/mol. The van der Waals surface area contributed by atoms with Crippen LogP contribution in [0.1, 0.15) is 29.3 Å². The van der Waals surface area contributed by atoms with Gasteiger partial charge in [0, 0.05) is 17.4 Å². The molecule has 1 atom stereocenters. The van der Waals surface area contributed by atoms with Gasteiger partial charge in [-0.1, -0.05) is 42.0 Å². The third-order valence-corrected chi connectivity index (χ3v) is 4.92. The van der Waals surface area contributed by atoms with Crippen LogP contribution in [0.5, 0.6) is 0 Å². The van der Waals surface area contributed by atoms with Gasteiger partial charge in [0.1, 0.15) is 6.29 Å². The van der Waals surface area contributed by atoms with E-state index in [1.54, 1.807) is 4.57 Å². The quantitative estimate of drug-likeness (QED) is 0.668. The Morgan fingerprint density at radius 1 is 1.13 bits per heavy atom. The first-order valence-electron chi connectivity index (χ1n) is 7.77. The number of aromatic nitrogens is 1. The second kappa shape index (κ2) is 4.66.